The van der Waals surface area contributed by atoms with E-state index < -0.39 is 5.97 Å². The minimum Gasteiger partial charge on any atom is -0.545 e. The summed E-state index contributed by atoms with van der Waals surface area (Å²) in [6, 6.07) is 0. The van der Waals surface area contributed by atoms with Gasteiger partial charge in [0.25, 0.3) is 0 Å². The molecule has 0 spiro atoms. The van der Waals surface area contributed by atoms with Crippen molar-refractivity contribution in [1.29, 1.82) is 0 Å². The third-order valence-electron chi connectivity index (χ3n) is 3.48. The Bertz CT molecular complexity index is 227. The average Bonchev–Trinajstić information content (AvgIpc) is 2.39. The Hall–Kier alpha value is 0.210. The number of rotatable bonds is 14. The molecule has 0 amide bonds. The Morgan fingerprint density at radius 1 is 0.800 bits per heavy atom. The average molecular weight is 290 g/mol. The number of allylic oxidation sites excluding steroid dienone is 1. The molecule has 0 radical (unpaired) electrons. The second-order valence-electron chi connectivity index (χ2n) is 5.40. The van der Waals surface area contributed by atoms with Gasteiger partial charge in [0.15, 0.2) is 0 Å². The molecule has 2 nitrogen and oxygen atoms in total. The molecule has 0 aliphatic carbocycles. The first kappa shape index (κ1) is 22.5. The first-order valence-corrected chi connectivity index (χ1v) is 8.15. The minimum atomic E-state index is -1.08. The molecular formula is C17H31NaO2. The largest absolute Gasteiger partial charge is 1.00 e. The second-order valence-corrected chi connectivity index (χ2v) is 5.40. The van der Waals surface area contributed by atoms with Crippen LogP contribution in [0.15, 0.2) is 12.2 Å². The van der Waals surface area contributed by atoms with E-state index in [9.17, 15) is 9.90 Å². The zero-order valence-electron chi connectivity index (χ0n) is 13.7. The molecule has 112 valence electrons. The molecule has 0 N–H and O–H groups in total. The van der Waals surface area contributed by atoms with Crippen LogP contribution in [0.2, 0.25) is 0 Å². The van der Waals surface area contributed by atoms with Crippen LogP contribution in [0, 0.1) is 0 Å². The number of carboxylic acids is 1. The summed E-state index contributed by atoms with van der Waals surface area (Å²) < 4.78 is 0. The van der Waals surface area contributed by atoms with Crippen LogP contribution in [0.4, 0.5) is 0 Å². The summed E-state index contributed by atoms with van der Waals surface area (Å²) in [5, 5.41) is 10.1. The van der Waals surface area contributed by atoms with Crippen molar-refractivity contribution in [3.63, 3.8) is 0 Å². The van der Waals surface area contributed by atoms with Gasteiger partial charge in [-0.3, -0.25) is 0 Å². The number of carbonyl (C=O) groups excluding carboxylic acids is 1. The minimum absolute atomic E-state index is 0. The molecule has 0 atom stereocenters. The summed E-state index contributed by atoms with van der Waals surface area (Å²) in [4.78, 5) is 10.1. The Morgan fingerprint density at radius 3 is 1.60 bits per heavy atom. The van der Waals surface area contributed by atoms with Crippen LogP contribution in [-0.2, 0) is 4.79 Å². The third kappa shape index (κ3) is 20.5. The van der Waals surface area contributed by atoms with Crippen LogP contribution in [0.25, 0.3) is 0 Å². The number of unbranched alkanes of at least 4 members (excludes halogenated alkanes) is 12. The van der Waals surface area contributed by atoms with Gasteiger partial charge in [0, 0.05) is 0 Å². The van der Waals surface area contributed by atoms with Crippen molar-refractivity contribution < 1.29 is 39.5 Å². The first-order valence-electron chi connectivity index (χ1n) is 8.15. The Morgan fingerprint density at radius 2 is 1.20 bits per heavy atom. The number of carboxylic acid groups (broad SMARTS) is 1. The zero-order valence-corrected chi connectivity index (χ0v) is 15.7. The van der Waals surface area contributed by atoms with E-state index in [0.29, 0.717) is 0 Å². The van der Waals surface area contributed by atoms with E-state index in [-0.39, 0.29) is 29.6 Å². The number of aliphatic carboxylic acids is 1. The van der Waals surface area contributed by atoms with E-state index in [4.69, 9.17) is 0 Å². The van der Waals surface area contributed by atoms with Gasteiger partial charge >= 0.3 is 29.6 Å². The van der Waals surface area contributed by atoms with Crippen molar-refractivity contribution in [3.8, 4) is 0 Å². The number of hydrogen-bond donors (Lipinski definition) is 0. The molecule has 0 aliphatic rings. The van der Waals surface area contributed by atoms with Gasteiger partial charge in [-0.25, -0.2) is 0 Å². The Kier molecular flexibility index (Phi) is 21.6. The number of hydrogen-bond acceptors (Lipinski definition) is 2. The summed E-state index contributed by atoms with van der Waals surface area (Å²) in [7, 11) is 0. The molecule has 0 aromatic rings. The zero-order chi connectivity index (χ0) is 14.2. The SMILES string of the molecule is CCCCCCCCCCCCCCC=CC(=O)[O-].[Na+]. The van der Waals surface area contributed by atoms with Crippen LogP contribution < -0.4 is 34.7 Å². The van der Waals surface area contributed by atoms with Gasteiger partial charge in [0.05, 0.1) is 5.97 Å². The maximum Gasteiger partial charge on any atom is 1.00 e. The van der Waals surface area contributed by atoms with Gasteiger partial charge in [-0.15, -0.1) is 0 Å². The molecule has 20 heavy (non-hydrogen) atoms. The van der Waals surface area contributed by atoms with Gasteiger partial charge < -0.3 is 9.90 Å². The van der Waals surface area contributed by atoms with Crippen molar-refractivity contribution in [3.05, 3.63) is 12.2 Å². The molecule has 0 unspecified atom stereocenters. The van der Waals surface area contributed by atoms with Crippen molar-refractivity contribution >= 4 is 5.97 Å². The second kappa shape index (κ2) is 19.2. The van der Waals surface area contributed by atoms with Gasteiger partial charge in [-0.1, -0.05) is 83.6 Å². The molecular weight excluding hydrogens is 259 g/mol. The molecule has 0 bridgehead atoms. The monoisotopic (exact) mass is 290 g/mol. The van der Waals surface area contributed by atoms with Gasteiger partial charge in [0.1, 0.15) is 0 Å². The predicted molar refractivity (Wildman–Crippen MR) is 79.8 cm³/mol. The quantitative estimate of drug-likeness (QED) is 0.275. The topological polar surface area (TPSA) is 40.1 Å². The molecule has 0 aromatic carbocycles. The molecule has 0 aromatic heterocycles. The maximum atomic E-state index is 10.1. The summed E-state index contributed by atoms with van der Waals surface area (Å²) in [5.41, 5.74) is 0. The van der Waals surface area contributed by atoms with Gasteiger partial charge in [0.2, 0.25) is 0 Å². The molecule has 0 fully saturated rings. The van der Waals surface area contributed by atoms with Crippen LogP contribution in [0.3, 0.4) is 0 Å². The van der Waals surface area contributed by atoms with Crippen LogP contribution >= 0.6 is 0 Å². The third-order valence-corrected chi connectivity index (χ3v) is 3.48. The van der Waals surface area contributed by atoms with E-state index in [2.05, 4.69) is 6.92 Å². The fraction of sp³-hybridized carbons (Fsp3) is 0.824. The molecule has 0 saturated heterocycles. The smallest absolute Gasteiger partial charge is 0.545 e. The normalized spacial score (nSPS) is 10.7. The molecule has 0 heterocycles. The predicted octanol–water partition coefficient (Wildman–Crippen LogP) is 1.39. The summed E-state index contributed by atoms with van der Waals surface area (Å²) in [5.74, 6) is -1.08. The summed E-state index contributed by atoms with van der Waals surface area (Å²) in [6.45, 7) is 2.26. The number of carbonyl (C=O) groups is 1. The van der Waals surface area contributed by atoms with E-state index in [1.165, 1.54) is 70.6 Å². The first-order chi connectivity index (χ1) is 9.27. The molecule has 3 heteroatoms. The molecule has 0 aliphatic heterocycles. The van der Waals surface area contributed by atoms with E-state index in [1.54, 1.807) is 6.08 Å². The van der Waals surface area contributed by atoms with Crippen molar-refractivity contribution in [2.45, 2.75) is 90.4 Å². The van der Waals surface area contributed by atoms with E-state index in [0.717, 1.165) is 18.9 Å². The van der Waals surface area contributed by atoms with Crippen LogP contribution in [0.1, 0.15) is 90.4 Å². The van der Waals surface area contributed by atoms with Crippen molar-refractivity contribution in [2.24, 2.45) is 0 Å². The van der Waals surface area contributed by atoms with E-state index >= 15 is 0 Å². The maximum absolute atomic E-state index is 10.1. The standard InChI is InChI=1S/C17H32O2.Na/c1-2-3-4-5-6-7-8-9-10-11-12-13-14-15-16-17(18)19;/h15-16H,2-14H2,1H3,(H,18,19);/q;+1/p-1. The van der Waals surface area contributed by atoms with Gasteiger partial charge in [-0.05, 0) is 18.9 Å². The van der Waals surface area contributed by atoms with Crippen molar-refractivity contribution in [1.82, 2.24) is 0 Å². The van der Waals surface area contributed by atoms with Crippen LogP contribution in [0.5, 0.6) is 0 Å². The van der Waals surface area contributed by atoms with Crippen LogP contribution in [-0.4, -0.2) is 5.97 Å². The van der Waals surface area contributed by atoms with E-state index in [1.807, 2.05) is 0 Å². The molecule has 0 saturated carbocycles. The van der Waals surface area contributed by atoms with Gasteiger partial charge in [-0.2, -0.15) is 0 Å². The summed E-state index contributed by atoms with van der Waals surface area (Å²) in [6.07, 6.45) is 19.8. The molecule has 0 rings (SSSR count). The fourth-order valence-corrected chi connectivity index (χ4v) is 2.28. The Balaban J connectivity index is 0. The van der Waals surface area contributed by atoms with Crippen molar-refractivity contribution in [2.75, 3.05) is 0 Å². The fourth-order valence-electron chi connectivity index (χ4n) is 2.28. The summed E-state index contributed by atoms with van der Waals surface area (Å²) >= 11 is 0. The Labute approximate surface area is 147 Å².